The van der Waals surface area contributed by atoms with Gasteiger partial charge in [-0.05, 0) is 23.8 Å². The molecule has 1 aromatic heterocycles. The predicted octanol–water partition coefficient (Wildman–Crippen LogP) is 3.72. The molecule has 3 nitrogen and oxygen atoms in total. The fourth-order valence-corrected chi connectivity index (χ4v) is 1.74. The van der Waals surface area contributed by atoms with E-state index in [1.165, 1.54) is 6.07 Å². The van der Waals surface area contributed by atoms with Crippen LogP contribution in [-0.4, -0.2) is 9.97 Å². The first-order chi connectivity index (χ1) is 9.04. The Kier molecular flexibility index (Phi) is 4.17. The van der Waals surface area contributed by atoms with Gasteiger partial charge in [-0.15, -0.1) is 0 Å². The summed E-state index contributed by atoms with van der Waals surface area (Å²) in [6, 6.07) is 8.96. The maximum atomic E-state index is 11.5. The summed E-state index contributed by atoms with van der Waals surface area (Å²) in [6.07, 6.45) is 3.73. The summed E-state index contributed by atoms with van der Waals surface area (Å²) < 4.78 is 0. The van der Waals surface area contributed by atoms with Gasteiger partial charge >= 0.3 is 0 Å². The molecule has 0 aliphatic rings. The van der Waals surface area contributed by atoms with Gasteiger partial charge in [0.2, 0.25) is 0 Å². The highest BCUT2D eigenvalue weighted by Crippen LogP contribution is 2.12. The molecule has 0 spiro atoms. The Hall–Kier alpha value is -1.87. The smallest absolute Gasteiger partial charge is 0.251 e. The van der Waals surface area contributed by atoms with Gasteiger partial charge in [0, 0.05) is 17.0 Å². The van der Waals surface area contributed by atoms with Crippen LogP contribution < -0.4 is 5.56 Å². The molecular formula is C15H15ClN2O. The van der Waals surface area contributed by atoms with Crippen molar-refractivity contribution >= 4 is 23.8 Å². The number of rotatable bonds is 3. The lowest BCUT2D eigenvalue weighted by molar-refractivity contribution is 0.764. The molecule has 0 saturated heterocycles. The molecule has 1 N–H and O–H groups in total. The van der Waals surface area contributed by atoms with E-state index >= 15 is 0 Å². The molecule has 0 aliphatic carbocycles. The Labute approximate surface area is 117 Å². The molecular weight excluding hydrogens is 260 g/mol. The van der Waals surface area contributed by atoms with Gasteiger partial charge in [0.1, 0.15) is 5.82 Å². The van der Waals surface area contributed by atoms with Crippen molar-refractivity contribution in [3.8, 4) is 0 Å². The fourth-order valence-electron chi connectivity index (χ4n) is 1.61. The molecule has 19 heavy (non-hydrogen) atoms. The number of nitrogens with one attached hydrogen (secondary N) is 1. The largest absolute Gasteiger partial charge is 0.310 e. The zero-order valence-corrected chi connectivity index (χ0v) is 11.6. The highest BCUT2D eigenvalue weighted by Gasteiger charge is 2.03. The monoisotopic (exact) mass is 274 g/mol. The molecule has 0 amide bonds. The van der Waals surface area contributed by atoms with Crippen LogP contribution in [0.4, 0.5) is 0 Å². The standard InChI is InChI=1S/C15H15ClN2O/c1-10(2)15-17-13(9-14(19)18-15)8-5-11-3-6-12(16)7-4-11/h3-10H,1-2H3,(H,17,18,19)/b8-5+. The summed E-state index contributed by atoms with van der Waals surface area (Å²) in [5, 5.41) is 0.702. The average Bonchev–Trinajstić information content (AvgIpc) is 2.37. The quantitative estimate of drug-likeness (QED) is 0.927. The summed E-state index contributed by atoms with van der Waals surface area (Å²) in [5.41, 5.74) is 1.54. The van der Waals surface area contributed by atoms with E-state index in [0.717, 1.165) is 5.56 Å². The Morgan fingerprint density at radius 3 is 2.53 bits per heavy atom. The van der Waals surface area contributed by atoms with Crippen LogP contribution in [-0.2, 0) is 0 Å². The fraction of sp³-hybridized carbons (Fsp3) is 0.200. The van der Waals surface area contributed by atoms with Gasteiger partial charge in [-0.2, -0.15) is 0 Å². The molecule has 1 heterocycles. The third kappa shape index (κ3) is 3.80. The number of benzene rings is 1. The van der Waals surface area contributed by atoms with E-state index < -0.39 is 0 Å². The van der Waals surface area contributed by atoms with Crippen LogP contribution in [0, 0.1) is 0 Å². The zero-order chi connectivity index (χ0) is 13.8. The molecule has 0 saturated carbocycles. The van der Waals surface area contributed by atoms with E-state index in [-0.39, 0.29) is 11.5 Å². The lowest BCUT2D eigenvalue weighted by Crippen LogP contribution is -2.12. The minimum absolute atomic E-state index is 0.130. The minimum Gasteiger partial charge on any atom is -0.310 e. The van der Waals surface area contributed by atoms with Crippen molar-refractivity contribution in [1.29, 1.82) is 0 Å². The summed E-state index contributed by atoms with van der Waals surface area (Å²) in [7, 11) is 0. The second kappa shape index (κ2) is 5.85. The van der Waals surface area contributed by atoms with Gasteiger partial charge in [0.15, 0.2) is 0 Å². The SMILES string of the molecule is CC(C)c1nc(/C=C/c2ccc(Cl)cc2)cc(=O)[nH]1. The maximum absolute atomic E-state index is 11.5. The van der Waals surface area contributed by atoms with E-state index in [2.05, 4.69) is 9.97 Å². The molecule has 2 aromatic rings. The van der Waals surface area contributed by atoms with Crippen LogP contribution in [0.15, 0.2) is 35.1 Å². The van der Waals surface area contributed by atoms with Crippen LogP contribution in [0.1, 0.15) is 36.8 Å². The molecule has 0 atom stereocenters. The number of hydrogen-bond donors (Lipinski definition) is 1. The van der Waals surface area contributed by atoms with Crippen molar-refractivity contribution in [3.05, 3.63) is 62.8 Å². The second-order valence-electron chi connectivity index (χ2n) is 4.60. The van der Waals surface area contributed by atoms with Gasteiger partial charge in [0.25, 0.3) is 5.56 Å². The molecule has 1 aromatic carbocycles. The summed E-state index contributed by atoms with van der Waals surface area (Å²) in [5.74, 6) is 0.889. The van der Waals surface area contributed by atoms with Crippen LogP contribution in [0.25, 0.3) is 12.2 Å². The number of aromatic amines is 1. The maximum Gasteiger partial charge on any atom is 0.251 e. The number of aromatic nitrogens is 2. The Morgan fingerprint density at radius 1 is 1.21 bits per heavy atom. The zero-order valence-electron chi connectivity index (χ0n) is 10.9. The van der Waals surface area contributed by atoms with Crippen molar-refractivity contribution in [2.75, 3.05) is 0 Å². The van der Waals surface area contributed by atoms with Gasteiger partial charge < -0.3 is 4.98 Å². The second-order valence-corrected chi connectivity index (χ2v) is 5.03. The number of halogens is 1. The Bertz CT molecular complexity index is 642. The summed E-state index contributed by atoms with van der Waals surface area (Å²) in [6.45, 7) is 3.98. The predicted molar refractivity (Wildman–Crippen MR) is 79.3 cm³/mol. The van der Waals surface area contributed by atoms with Crippen molar-refractivity contribution in [2.45, 2.75) is 19.8 Å². The third-order valence-corrected chi connectivity index (χ3v) is 2.90. The van der Waals surface area contributed by atoms with Crippen molar-refractivity contribution in [3.63, 3.8) is 0 Å². The van der Waals surface area contributed by atoms with Crippen molar-refractivity contribution < 1.29 is 0 Å². The molecule has 0 aliphatic heterocycles. The van der Waals surface area contributed by atoms with Gasteiger partial charge in [-0.25, -0.2) is 4.98 Å². The third-order valence-electron chi connectivity index (χ3n) is 2.64. The first kappa shape index (κ1) is 13.6. The Morgan fingerprint density at radius 2 is 1.89 bits per heavy atom. The lowest BCUT2D eigenvalue weighted by atomic mass is 10.2. The molecule has 0 unspecified atom stereocenters. The molecule has 2 rings (SSSR count). The number of hydrogen-bond acceptors (Lipinski definition) is 2. The van der Waals surface area contributed by atoms with Gasteiger partial charge in [0.05, 0.1) is 5.69 Å². The van der Waals surface area contributed by atoms with E-state index in [1.807, 2.05) is 50.3 Å². The molecule has 0 radical (unpaired) electrons. The van der Waals surface area contributed by atoms with E-state index in [9.17, 15) is 4.79 Å². The average molecular weight is 275 g/mol. The van der Waals surface area contributed by atoms with Crippen LogP contribution >= 0.6 is 11.6 Å². The van der Waals surface area contributed by atoms with E-state index in [4.69, 9.17) is 11.6 Å². The van der Waals surface area contributed by atoms with E-state index in [1.54, 1.807) is 0 Å². The lowest BCUT2D eigenvalue weighted by Gasteiger charge is -2.04. The van der Waals surface area contributed by atoms with Gasteiger partial charge in [-0.3, -0.25) is 4.79 Å². The molecule has 0 fully saturated rings. The highest BCUT2D eigenvalue weighted by atomic mass is 35.5. The topological polar surface area (TPSA) is 45.8 Å². The van der Waals surface area contributed by atoms with Crippen LogP contribution in [0.2, 0.25) is 5.02 Å². The molecule has 0 bridgehead atoms. The highest BCUT2D eigenvalue weighted by molar-refractivity contribution is 6.30. The Balaban J connectivity index is 2.28. The normalized spacial score (nSPS) is 11.4. The first-order valence-corrected chi connectivity index (χ1v) is 6.47. The van der Waals surface area contributed by atoms with Gasteiger partial charge in [-0.1, -0.05) is 43.7 Å². The minimum atomic E-state index is -0.130. The molecule has 4 heteroatoms. The van der Waals surface area contributed by atoms with Crippen molar-refractivity contribution in [1.82, 2.24) is 9.97 Å². The van der Waals surface area contributed by atoms with Crippen LogP contribution in [0.5, 0.6) is 0 Å². The summed E-state index contributed by atoms with van der Waals surface area (Å²) in [4.78, 5) is 18.7. The number of H-pyrrole nitrogens is 1. The molecule has 98 valence electrons. The van der Waals surface area contributed by atoms with Crippen LogP contribution in [0.3, 0.4) is 0 Å². The number of nitrogens with zero attached hydrogens (tertiary/aromatic N) is 1. The van der Waals surface area contributed by atoms with E-state index in [0.29, 0.717) is 16.5 Å². The first-order valence-electron chi connectivity index (χ1n) is 6.09. The van der Waals surface area contributed by atoms with Crippen molar-refractivity contribution in [2.24, 2.45) is 0 Å². The summed E-state index contributed by atoms with van der Waals surface area (Å²) >= 11 is 5.82.